The van der Waals surface area contributed by atoms with Crippen molar-refractivity contribution in [1.29, 1.82) is 0 Å². The number of benzene rings is 1. The Hall–Kier alpha value is -1.95. The zero-order valence-electron chi connectivity index (χ0n) is 10.6. The van der Waals surface area contributed by atoms with Gasteiger partial charge in [0.2, 0.25) is 0 Å². The minimum absolute atomic E-state index is 0.0899. The number of hydrogen-bond donors (Lipinski definition) is 1. The molecule has 98 valence electrons. The lowest BCUT2D eigenvalue weighted by atomic mass is 10.2. The molecule has 6 heteroatoms. The van der Waals surface area contributed by atoms with Crippen molar-refractivity contribution in [2.45, 2.75) is 0 Å². The van der Waals surface area contributed by atoms with Crippen molar-refractivity contribution in [2.75, 3.05) is 19.0 Å². The fraction of sp³-hybridized carbons (Fsp3) is 0.154. The van der Waals surface area contributed by atoms with Crippen LogP contribution < -0.4 is 4.90 Å². The molecule has 0 atom stereocenters. The van der Waals surface area contributed by atoms with Gasteiger partial charge in [-0.05, 0) is 40.2 Å². The van der Waals surface area contributed by atoms with Gasteiger partial charge in [0.1, 0.15) is 11.4 Å². The van der Waals surface area contributed by atoms with Gasteiger partial charge in [-0.2, -0.15) is 0 Å². The van der Waals surface area contributed by atoms with E-state index in [1.807, 2.05) is 31.1 Å². The molecule has 0 bridgehead atoms. The van der Waals surface area contributed by atoms with Gasteiger partial charge in [0.25, 0.3) is 0 Å². The molecule has 2 rings (SSSR count). The molecule has 1 heterocycles. The van der Waals surface area contributed by atoms with Gasteiger partial charge in [-0.1, -0.05) is 0 Å². The molecule has 0 aliphatic heterocycles. The van der Waals surface area contributed by atoms with E-state index in [4.69, 9.17) is 0 Å². The highest BCUT2D eigenvalue weighted by atomic mass is 79.9. The van der Waals surface area contributed by atoms with Crippen LogP contribution >= 0.6 is 15.9 Å². The van der Waals surface area contributed by atoms with Crippen molar-refractivity contribution >= 4 is 33.1 Å². The normalized spacial score (nSPS) is 10.9. The maximum absolute atomic E-state index is 9.85. The van der Waals surface area contributed by atoms with Gasteiger partial charge >= 0.3 is 0 Å². The van der Waals surface area contributed by atoms with Gasteiger partial charge < -0.3 is 10.0 Å². The molecular weight excluding hydrogens is 308 g/mol. The number of aromatic hydroxyl groups is 1. The van der Waals surface area contributed by atoms with E-state index in [0.717, 1.165) is 10.2 Å². The first-order valence-electron chi connectivity index (χ1n) is 5.60. The van der Waals surface area contributed by atoms with Crippen molar-refractivity contribution in [3.63, 3.8) is 0 Å². The summed E-state index contributed by atoms with van der Waals surface area (Å²) in [7, 11) is 3.81. The summed E-state index contributed by atoms with van der Waals surface area (Å²) in [5, 5.41) is 17.8. The van der Waals surface area contributed by atoms with Gasteiger partial charge in [0, 0.05) is 36.5 Å². The zero-order chi connectivity index (χ0) is 13.8. The third kappa shape index (κ3) is 3.51. The largest absolute Gasteiger partial charge is 0.506 e. The highest BCUT2D eigenvalue weighted by Crippen LogP contribution is 2.31. The number of halogens is 1. The zero-order valence-corrected chi connectivity index (χ0v) is 12.2. The highest BCUT2D eigenvalue weighted by Gasteiger charge is 2.03. The minimum Gasteiger partial charge on any atom is -0.506 e. The van der Waals surface area contributed by atoms with E-state index < -0.39 is 0 Å². The summed E-state index contributed by atoms with van der Waals surface area (Å²) in [5.74, 6) is 0.575. The number of azo groups is 1. The summed E-state index contributed by atoms with van der Waals surface area (Å²) >= 11 is 3.30. The second-order valence-electron chi connectivity index (χ2n) is 4.10. The number of aromatic nitrogens is 1. The molecule has 1 aromatic carbocycles. The fourth-order valence-corrected chi connectivity index (χ4v) is 1.64. The SMILES string of the molecule is CN(C)c1ccc(N=Nc2ccc(Br)cn2)c(O)c1. The molecule has 0 fully saturated rings. The first-order chi connectivity index (χ1) is 9.06. The topological polar surface area (TPSA) is 61.1 Å². The fourth-order valence-electron chi connectivity index (χ4n) is 1.41. The van der Waals surface area contributed by atoms with Crippen LogP contribution in [0.1, 0.15) is 0 Å². The van der Waals surface area contributed by atoms with Crippen molar-refractivity contribution in [3.05, 3.63) is 41.0 Å². The Morgan fingerprint density at radius 2 is 1.95 bits per heavy atom. The lowest BCUT2D eigenvalue weighted by molar-refractivity contribution is 0.476. The molecule has 1 aromatic heterocycles. The van der Waals surface area contributed by atoms with E-state index in [9.17, 15) is 5.11 Å². The van der Waals surface area contributed by atoms with Crippen LogP contribution in [-0.2, 0) is 0 Å². The molecule has 0 radical (unpaired) electrons. The summed E-state index contributed by atoms with van der Waals surface area (Å²) in [4.78, 5) is 5.97. The molecule has 0 saturated heterocycles. The van der Waals surface area contributed by atoms with Crippen LogP contribution in [0.2, 0.25) is 0 Å². The Kier molecular flexibility index (Phi) is 4.11. The molecular formula is C13H13BrN4O. The highest BCUT2D eigenvalue weighted by molar-refractivity contribution is 9.10. The summed E-state index contributed by atoms with van der Waals surface area (Å²) in [6, 6.07) is 8.79. The summed E-state index contributed by atoms with van der Waals surface area (Å²) in [5.41, 5.74) is 1.31. The average Bonchev–Trinajstić information content (AvgIpc) is 2.39. The predicted octanol–water partition coefficient (Wildman–Crippen LogP) is 4.03. The van der Waals surface area contributed by atoms with E-state index in [2.05, 4.69) is 31.1 Å². The molecule has 0 amide bonds. The quantitative estimate of drug-likeness (QED) is 0.868. The molecule has 0 aliphatic carbocycles. The molecule has 0 spiro atoms. The molecule has 0 saturated carbocycles. The Balaban J connectivity index is 2.21. The monoisotopic (exact) mass is 320 g/mol. The third-order valence-corrected chi connectivity index (χ3v) is 2.92. The maximum Gasteiger partial charge on any atom is 0.174 e. The first kappa shape index (κ1) is 13.5. The number of pyridine rings is 1. The van der Waals surface area contributed by atoms with Crippen LogP contribution in [0, 0.1) is 0 Å². The number of nitrogens with zero attached hydrogens (tertiary/aromatic N) is 4. The number of phenolic OH excluding ortho intramolecular Hbond substituents is 1. The second-order valence-corrected chi connectivity index (χ2v) is 5.02. The summed E-state index contributed by atoms with van der Waals surface area (Å²) < 4.78 is 0.879. The average molecular weight is 321 g/mol. The number of anilines is 1. The predicted molar refractivity (Wildman–Crippen MR) is 78.5 cm³/mol. The molecule has 2 aromatic rings. The van der Waals surface area contributed by atoms with Gasteiger partial charge in [-0.25, -0.2) is 4.98 Å². The smallest absolute Gasteiger partial charge is 0.174 e. The maximum atomic E-state index is 9.85. The van der Waals surface area contributed by atoms with E-state index in [1.54, 1.807) is 24.4 Å². The van der Waals surface area contributed by atoms with Crippen LogP contribution in [0.15, 0.2) is 51.2 Å². The number of hydrogen-bond acceptors (Lipinski definition) is 5. The van der Waals surface area contributed by atoms with Gasteiger partial charge in [0.05, 0.1) is 0 Å². The van der Waals surface area contributed by atoms with E-state index in [1.165, 1.54) is 0 Å². The molecule has 0 aliphatic rings. The molecule has 5 nitrogen and oxygen atoms in total. The van der Waals surface area contributed by atoms with Crippen LogP contribution in [0.3, 0.4) is 0 Å². The Labute approximate surface area is 119 Å². The third-order valence-electron chi connectivity index (χ3n) is 2.45. The second kappa shape index (κ2) is 5.79. The van der Waals surface area contributed by atoms with Gasteiger partial charge in [-0.3, -0.25) is 0 Å². The Bertz CT molecular complexity index is 596. The number of phenols is 1. The molecule has 19 heavy (non-hydrogen) atoms. The lowest BCUT2D eigenvalue weighted by Gasteiger charge is -2.12. The van der Waals surface area contributed by atoms with Gasteiger partial charge in [-0.15, -0.1) is 10.2 Å². The van der Waals surface area contributed by atoms with Crippen molar-refractivity contribution in [2.24, 2.45) is 10.2 Å². The standard InChI is InChI=1S/C13H13BrN4O/c1-18(2)10-4-5-11(12(19)7-10)16-17-13-6-3-9(14)8-15-13/h3-8,19H,1-2H3. The van der Waals surface area contributed by atoms with Crippen LogP contribution in [0.25, 0.3) is 0 Å². The van der Waals surface area contributed by atoms with Crippen molar-refractivity contribution in [3.8, 4) is 5.75 Å². The van der Waals surface area contributed by atoms with Crippen molar-refractivity contribution < 1.29 is 5.11 Å². The van der Waals surface area contributed by atoms with Crippen molar-refractivity contribution in [1.82, 2.24) is 4.98 Å². The molecule has 1 N–H and O–H groups in total. The van der Waals surface area contributed by atoms with Gasteiger partial charge in [0.15, 0.2) is 5.82 Å². The van der Waals surface area contributed by atoms with Crippen LogP contribution in [0.4, 0.5) is 17.2 Å². The van der Waals surface area contributed by atoms with E-state index >= 15 is 0 Å². The summed E-state index contributed by atoms with van der Waals surface area (Å²) in [6.07, 6.45) is 1.64. The number of rotatable bonds is 3. The Morgan fingerprint density at radius 3 is 2.53 bits per heavy atom. The molecule has 0 unspecified atom stereocenters. The summed E-state index contributed by atoms with van der Waals surface area (Å²) in [6.45, 7) is 0. The lowest BCUT2D eigenvalue weighted by Crippen LogP contribution is -2.07. The first-order valence-corrected chi connectivity index (χ1v) is 6.39. The van der Waals surface area contributed by atoms with E-state index in [0.29, 0.717) is 11.5 Å². The Morgan fingerprint density at radius 1 is 1.16 bits per heavy atom. The van der Waals surface area contributed by atoms with Crippen LogP contribution in [0.5, 0.6) is 5.75 Å². The van der Waals surface area contributed by atoms with Crippen LogP contribution in [-0.4, -0.2) is 24.2 Å². The minimum atomic E-state index is 0.0899. The van der Waals surface area contributed by atoms with E-state index in [-0.39, 0.29) is 5.75 Å².